The summed E-state index contributed by atoms with van der Waals surface area (Å²) in [5.74, 6) is 0. The molecule has 71 valence electrons. The summed E-state index contributed by atoms with van der Waals surface area (Å²) in [4.78, 5) is 0. The van der Waals surface area contributed by atoms with Gasteiger partial charge in [0.15, 0.2) is 0 Å². The maximum atomic E-state index is 7.00. The topological polar surface area (TPSA) is 40.5 Å². The first-order chi connectivity index (χ1) is 6.77. The first-order valence-corrected chi connectivity index (χ1v) is 4.33. The third-order valence-corrected chi connectivity index (χ3v) is 1.90. The molecule has 0 amide bonds. The fourth-order valence-electron chi connectivity index (χ4n) is 1.31. The lowest BCUT2D eigenvalue weighted by Gasteiger charge is -1.96. The zero-order valence-electron chi connectivity index (χ0n) is 8.01. The Morgan fingerprint density at radius 2 is 1.50 bits per heavy atom. The van der Waals surface area contributed by atoms with Crippen molar-refractivity contribution in [3.05, 3.63) is 48.0 Å². The summed E-state index contributed by atoms with van der Waals surface area (Å²) in [7, 11) is 0. The van der Waals surface area contributed by atoms with Crippen molar-refractivity contribution in [2.75, 3.05) is 0 Å². The molecule has 0 aliphatic heterocycles. The Bertz CT molecular complexity index is 401. The highest BCUT2D eigenvalue weighted by Gasteiger charge is 1.89. The lowest BCUT2D eigenvalue weighted by Crippen LogP contribution is -1.75. The Kier molecular flexibility index (Phi) is 4.17. The molecular weight excluding hydrogens is 175 g/mol. The summed E-state index contributed by atoms with van der Waals surface area (Å²) in [6, 6.07) is 14.9. The van der Waals surface area contributed by atoms with E-state index in [0.29, 0.717) is 0 Å². The van der Waals surface area contributed by atoms with E-state index in [1.165, 1.54) is 16.3 Å². The molecule has 1 radical (unpaired) electrons. The number of benzene rings is 2. The number of hydrogen-bond acceptors (Lipinski definition) is 2. The maximum absolute atomic E-state index is 7.00. The van der Waals surface area contributed by atoms with Gasteiger partial charge in [-0.2, -0.15) is 0 Å². The van der Waals surface area contributed by atoms with Crippen LogP contribution in [0.15, 0.2) is 42.5 Å². The largest absolute Gasteiger partial charge is 0.482 e. The van der Waals surface area contributed by atoms with Crippen molar-refractivity contribution < 1.29 is 10.0 Å². The van der Waals surface area contributed by atoms with Crippen LogP contribution in [0.25, 0.3) is 10.8 Å². The summed E-state index contributed by atoms with van der Waals surface area (Å²) in [5.41, 5.74) is 1.32. The van der Waals surface area contributed by atoms with Gasteiger partial charge < -0.3 is 10.0 Å². The highest BCUT2D eigenvalue weighted by Crippen LogP contribution is 2.14. The van der Waals surface area contributed by atoms with E-state index < -0.39 is 0 Å². The van der Waals surface area contributed by atoms with Gasteiger partial charge in [0.05, 0.1) is 0 Å². The number of hydrogen-bond donors (Lipinski definition) is 2. The van der Waals surface area contributed by atoms with E-state index in [2.05, 4.69) is 49.4 Å². The second kappa shape index (κ2) is 5.42. The molecule has 0 atom stereocenters. The van der Waals surface area contributed by atoms with Gasteiger partial charge in [-0.3, -0.25) is 0 Å². The maximum Gasteiger partial charge on any atom is 0.482 e. The van der Waals surface area contributed by atoms with Crippen LogP contribution in [0, 0.1) is 6.92 Å². The minimum atomic E-state index is 0. The quantitative estimate of drug-likeness (QED) is 0.615. The molecule has 0 fully saturated rings. The van der Waals surface area contributed by atoms with E-state index in [4.69, 9.17) is 10.0 Å². The Hall–Kier alpha value is -1.32. The zero-order chi connectivity index (χ0) is 10.4. The molecule has 0 aliphatic carbocycles. The van der Waals surface area contributed by atoms with Crippen LogP contribution < -0.4 is 0 Å². The summed E-state index contributed by atoms with van der Waals surface area (Å²) in [6.45, 7) is 2.12. The molecule has 3 heteroatoms. The van der Waals surface area contributed by atoms with Crippen molar-refractivity contribution in [1.82, 2.24) is 0 Å². The molecule has 2 aromatic rings. The monoisotopic (exact) mass is 187 g/mol. The fraction of sp³-hybridized carbons (Fsp3) is 0.0909. The summed E-state index contributed by atoms with van der Waals surface area (Å²) in [5, 5.41) is 16.6. The molecule has 0 aliphatic rings. The van der Waals surface area contributed by atoms with Gasteiger partial charge in [0.1, 0.15) is 0 Å². The Labute approximate surface area is 84.1 Å². The molecule has 2 N–H and O–H groups in total. The highest BCUT2D eigenvalue weighted by atomic mass is 16.4. The van der Waals surface area contributed by atoms with Crippen LogP contribution in [-0.4, -0.2) is 17.7 Å². The van der Waals surface area contributed by atoms with E-state index in [1.807, 2.05) is 0 Å². The normalized spacial score (nSPS) is 9.07. The fourth-order valence-corrected chi connectivity index (χ4v) is 1.31. The van der Waals surface area contributed by atoms with Crippen molar-refractivity contribution in [3.8, 4) is 0 Å². The second-order valence-corrected chi connectivity index (χ2v) is 2.97. The van der Waals surface area contributed by atoms with Crippen molar-refractivity contribution in [2.45, 2.75) is 6.92 Å². The summed E-state index contributed by atoms with van der Waals surface area (Å²) >= 11 is 0. The molecule has 0 saturated heterocycles. The molecule has 2 nitrogen and oxygen atoms in total. The van der Waals surface area contributed by atoms with Crippen molar-refractivity contribution in [2.24, 2.45) is 0 Å². The average molecular weight is 187 g/mol. The molecule has 0 unspecified atom stereocenters. The smallest absolute Gasteiger partial charge is 0.429 e. The minimum Gasteiger partial charge on any atom is -0.429 e. The van der Waals surface area contributed by atoms with Gasteiger partial charge in [0.25, 0.3) is 0 Å². The van der Waals surface area contributed by atoms with Crippen LogP contribution in [0.5, 0.6) is 0 Å². The van der Waals surface area contributed by atoms with Crippen LogP contribution in [0.2, 0.25) is 0 Å². The molecular formula is C11H12BO2. The van der Waals surface area contributed by atoms with Crippen LogP contribution in [0.1, 0.15) is 5.56 Å². The SMILES string of the molecule is Cc1ccc2ccccc2c1.O[B]O. The van der Waals surface area contributed by atoms with Gasteiger partial charge in [0, 0.05) is 0 Å². The van der Waals surface area contributed by atoms with E-state index in [-0.39, 0.29) is 7.69 Å². The first-order valence-electron chi connectivity index (χ1n) is 4.33. The Morgan fingerprint density at radius 3 is 2.14 bits per heavy atom. The van der Waals surface area contributed by atoms with Crippen LogP contribution in [0.3, 0.4) is 0 Å². The standard InChI is InChI=1S/C11H10.BH2O2/c1-9-6-7-10-4-2-3-5-11(10)8-9;2-1-3/h2-8H,1H3;2-3H. The molecule has 2 rings (SSSR count). The number of rotatable bonds is 0. The third-order valence-electron chi connectivity index (χ3n) is 1.90. The lowest BCUT2D eigenvalue weighted by molar-refractivity contribution is 0.448. The lowest BCUT2D eigenvalue weighted by atomic mass is 10.1. The van der Waals surface area contributed by atoms with E-state index >= 15 is 0 Å². The summed E-state index contributed by atoms with van der Waals surface area (Å²) < 4.78 is 0. The molecule has 14 heavy (non-hydrogen) atoms. The molecule has 0 bridgehead atoms. The Morgan fingerprint density at radius 1 is 0.929 bits per heavy atom. The van der Waals surface area contributed by atoms with Crippen LogP contribution in [0.4, 0.5) is 0 Å². The van der Waals surface area contributed by atoms with Gasteiger partial charge in [-0.25, -0.2) is 0 Å². The van der Waals surface area contributed by atoms with Gasteiger partial charge in [0.2, 0.25) is 0 Å². The predicted octanol–water partition coefficient (Wildman–Crippen LogP) is 1.65. The second-order valence-electron chi connectivity index (χ2n) is 2.97. The zero-order valence-corrected chi connectivity index (χ0v) is 8.01. The van der Waals surface area contributed by atoms with Gasteiger partial charge in [-0.15, -0.1) is 0 Å². The van der Waals surface area contributed by atoms with Crippen molar-refractivity contribution in [1.29, 1.82) is 0 Å². The van der Waals surface area contributed by atoms with Crippen LogP contribution >= 0.6 is 0 Å². The molecule has 0 spiro atoms. The van der Waals surface area contributed by atoms with Crippen molar-refractivity contribution in [3.63, 3.8) is 0 Å². The highest BCUT2D eigenvalue weighted by molar-refractivity contribution is 6.13. The molecule has 2 aromatic carbocycles. The summed E-state index contributed by atoms with van der Waals surface area (Å²) in [6.07, 6.45) is 0. The number of fused-ring (bicyclic) bond motifs is 1. The minimum absolute atomic E-state index is 0. The third kappa shape index (κ3) is 2.87. The van der Waals surface area contributed by atoms with Gasteiger partial charge in [-0.05, 0) is 17.7 Å². The predicted molar refractivity (Wildman–Crippen MR) is 58.9 cm³/mol. The average Bonchev–Trinajstić information content (AvgIpc) is 2.19. The molecule has 0 heterocycles. The van der Waals surface area contributed by atoms with Gasteiger partial charge in [-0.1, -0.05) is 48.0 Å². The molecule has 0 aromatic heterocycles. The van der Waals surface area contributed by atoms with E-state index in [0.717, 1.165) is 0 Å². The van der Waals surface area contributed by atoms with E-state index in [1.54, 1.807) is 0 Å². The van der Waals surface area contributed by atoms with Crippen LogP contribution in [-0.2, 0) is 0 Å². The first kappa shape index (κ1) is 10.8. The number of aryl methyl sites for hydroxylation is 1. The van der Waals surface area contributed by atoms with Crippen molar-refractivity contribution >= 4 is 18.5 Å². The Balaban J connectivity index is 0.000000293. The van der Waals surface area contributed by atoms with Gasteiger partial charge >= 0.3 is 7.69 Å². The molecule has 0 saturated carbocycles. The van der Waals surface area contributed by atoms with E-state index in [9.17, 15) is 0 Å².